The van der Waals surface area contributed by atoms with Gasteiger partial charge in [0.05, 0.1) is 5.56 Å². The van der Waals surface area contributed by atoms with E-state index in [0.717, 1.165) is 0 Å². The number of pyridine rings is 1. The predicted molar refractivity (Wildman–Crippen MR) is 46.8 cm³/mol. The molecule has 0 atom stereocenters. The van der Waals surface area contributed by atoms with Gasteiger partial charge in [-0.25, -0.2) is 4.98 Å². The minimum absolute atomic E-state index is 0.169. The van der Waals surface area contributed by atoms with E-state index in [1.54, 1.807) is 6.07 Å². The molecule has 0 saturated carbocycles. The first-order valence-electron chi connectivity index (χ1n) is 2.90. The molecular weight excluding hydrogens is 243 g/mol. The maximum Gasteiger partial charge on any atom is 0.253 e. The number of hydrogen-bond donors (Lipinski definition) is 0. The fourth-order valence-corrected chi connectivity index (χ4v) is 1.32. The molecule has 1 rings (SSSR count). The average molecular weight is 245 g/mol. The number of hydrogen-bond acceptors (Lipinski definition) is 3. The van der Waals surface area contributed by atoms with Gasteiger partial charge in [-0.15, -0.1) is 0 Å². The van der Waals surface area contributed by atoms with E-state index in [9.17, 15) is 4.79 Å². The highest BCUT2D eigenvalue weighted by atomic mass is 79.9. The molecule has 0 radical (unpaired) electrons. The molecule has 1 heterocycles. The summed E-state index contributed by atoms with van der Waals surface area (Å²) in [6.45, 7) is 0. The Kier molecular flexibility index (Phi) is 2.79. The highest BCUT2D eigenvalue weighted by Crippen LogP contribution is 2.17. The summed E-state index contributed by atoms with van der Waals surface area (Å²) in [5.74, 6) is 0. The van der Waals surface area contributed by atoms with Gasteiger partial charge in [0.15, 0.2) is 0 Å². The van der Waals surface area contributed by atoms with Crippen LogP contribution in [0.2, 0.25) is 0 Å². The lowest BCUT2D eigenvalue weighted by molar-refractivity contribution is 0.108. The van der Waals surface area contributed by atoms with Crippen LogP contribution in [0.5, 0.6) is 0 Å². The third kappa shape index (κ3) is 1.81. The zero-order chi connectivity index (χ0) is 9.14. The minimum Gasteiger partial charge on any atom is -0.276 e. The molecule has 1 aromatic rings. The lowest BCUT2D eigenvalue weighted by Crippen LogP contribution is -1.93. The van der Waals surface area contributed by atoms with Crippen molar-refractivity contribution in [3.63, 3.8) is 0 Å². The number of halogens is 2. The second-order valence-corrected chi connectivity index (χ2v) is 3.13. The maximum absolute atomic E-state index is 10.7. The van der Waals surface area contributed by atoms with Crippen molar-refractivity contribution in [3.8, 4) is 6.07 Å². The first-order valence-corrected chi connectivity index (χ1v) is 4.07. The molecule has 0 amide bonds. The molecule has 3 nitrogen and oxygen atoms in total. The van der Waals surface area contributed by atoms with Gasteiger partial charge in [-0.05, 0) is 33.6 Å². The van der Waals surface area contributed by atoms with E-state index in [1.165, 1.54) is 12.3 Å². The molecule has 0 fully saturated rings. The van der Waals surface area contributed by atoms with Gasteiger partial charge in [0.2, 0.25) is 0 Å². The van der Waals surface area contributed by atoms with Gasteiger partial charge in [-0.2, -0.15) is 5.26 Å². The van der Waals surface area contributed by atoms with Crippen LogP contribution in [0.25, 0.3) is 0 Å². The zero-order valence-corrected chi connectivity index (χ0v) is 8.06. The van der Waals surface area contributed by atoms with Gasteiger partial charge in [0.25, 0.3) is 5.24 Å². The molecular formula is C7H2BrClN2O. The van der Waals surface area contributed by atoms with Gasteiger partial charge >= 0.3 is 0 Å². The molecule has 0 saturated heterocycles. The van der Waals surface area contributed by atoms with Crippen LogP contribution in [-0.4, -0.2) is 10.2 Å². The topological polar surface area (TPSA) is 53.8 Å². The van der Waals surface area contributed by atoms with E-state index in [0.29, 0.717) is 4.47 Å². The van der Waals surface area contributed by atoms with Crippen molar-refractivity contribution in [3.05, 3.63) is 28.0 Å². The fourth-order valence-electron chi connectivity index (χ4n) is 0.650. The largest absolute Gasteiger partial charge is 0.276 e. The second-order valence-electron chi connectivity index (χ2n) is 1.93. The van der Waals surface area contributed by atoms with Crippen LogP contribution in [0.1, 0.15) is 16.1 Å². The predicted octanol–water partition coefficient (Wildman–Crippen LogP) is 2.09. The van der Waals surface area contributed by atoms with Crippen molar-refractivity contribution in [2.45, 2.75) is 0 Å². The smallest absolute Gasteiger partial charge is 0.253 e. The maximum atomic E-state index is 10.7. The lowest BCUT2D eigenvalue weighted by Gasteiger charge is -1.96. The van der Waals surface area contributed by atoms with Crippen LogP contribution < -0.4 is 0 Å². The molecule has 0 bridgehead atoms. The van der Waals surface area contributed by atoms with E-state index < -0.39 is 5.24 Å². The molecule has 60 valence electrons. The van der Waals surface area contributed by atoms with Gasteiger partial charge < -0.3 is 0 Å². The van der Waals surface area contributed by atoms with Crippen LogP contribution in [-0.2, 0) is 0 Å². The number of carbonyl (C=O) groups excluding carboxylic acids is 1. The Morgan fingerprint density at radius 3 is 2.92 bits per heavy atom. The van der Waals surface area contributed by atoms with E-state index in [4.69, 9.17) is 16.9 Å². The van der Waals surface area contributed by atoms with Gasteiger partial charge in [0.1, 0.15) is 11.8 Å². The Bertz CT molecular complexity index is 372. The van der Waals surface area contributed by atoms with Crippen molar-refractivity contribution < 1.29 is 4.79 Å². The molecule has 0 aliphatic rings. The third-order valence-corrected chi connectivity index (χ3v) is 2.02. The fraction of sp³-hybridized carbons (Fsp3) is 0. The van der Waals surface area contributed by atoms with Gasteiger partial charge in [-0.3, -0.25) is 4.79 Å². The van der Waals surface area contributed by atoms with Crippen molar-refractivity contribution in [2.24, 2.45) is 0 Å². The summed E-state index contributed by atoms with van der Waals surface area (Å²) >= 11 is 8.31. The molecule has 12 heavy (non-hydrogen) atoms. The quantitative estimate of drug-likeness (QED) is 0.712. The number of rotatable bonds is 1. The second kappa shape index (κ2) is 3.65. The third-order valence-electron chi connectivity index (χ3n) is 1.18. The molecule has 0 aliphatic carbocycles. The summed E-state index contributed by atoms with van der Waals surface area (Å²) in [5, 5.41) is 7.84. The van der Waals surface area contributed by atoms with Gasteiger partial charge in [-0.1, -0.05) is 0 Å². The van der Waals surface area contributed by atoms with E-state index >= 15 is 0 Å². The molecule has 0 aromatic carbocycles. The molecule has 0 N–H and O–H groups in total. The van der Waals surface area contributed by atoms with E-state index in [1.807, 2.05) is 0 Å². The molecule has 0 unspecified atom stereocenters. The number of nitriles is 1. The van der Waals surface area contributed by atoms with E-state index in [2.05, 4.69) is 20.9 Å². The summed E-state index contributed by atoms with van der Waals surface area (Å²) in [6, 6.07) is 3.14. The zero-order valence-electron chi connectivity index (χ0n) is 5.71. The average Bonchev–Trinajstić information content (AvgIpc) is 2.05. The minimum atomic E-state index is -0.610. The normalized spacial score (nSPS) is 9.08. The summed E-state index contributed by atoms with van der Waals surface area (Å²) in [5.41, 5.74) is 0.422. The number of aromatic nitrogens is 1. The van der Waals surface area contributed by atoms with Crippen LogP contribution in [0.4, 0.5) is 0 Å². The van der Waals surface area contributed by atoms with Crippen molar-refractivity contribution in [1.82, 2.24) is 4.98 Å². The first-order chi connectivity index (χ1) is 5.65. The van der Waals surface area contributed by atoms with Crippen molar-refractivity contribution in [1.29, 1.82) is 5.26 Å². The molecule has 5 heteroatoms. The molecule has 0 spiro atoms. The van der Waals surface area contributed by atoms with Gasteiger partial charge in [0, 0.05) is 10.7 Å². The number of nitrogens with zero attached hydrogens (tertiary/aromatic N) is 2. The summed E-state index contributed by atoms with van der Waals surface area (Å²) in [4.78, 5) is 14.5. The Hall–Kier alpha value is -0.920. The standard InChI is InChI=1S/C7H2BrClN2O/c8-6-3-11-4(2-10)1-5(6)7(9)12/h1,3H. The first kappa shape index (κ1) is 9.17. The lowest BCUT2D eigenvalue weighted by atomic mass is 10.2. The Labute approximate surface area is 82.1 Å². The summed E-state index contributed by atoms with van der Waals surface area (Å²) in [6.07, 6.45) is 1.37. The number of carbonyl (C=O) groups is 1. The monoisotopic (exact) mass is 244 g/mol. The van der Waals surface area contributed by atoms with Crippen LogP contribution >= 0.6 is 27.5 Å². The van der Waals surface area contributed by atoms with Crippen LogP contribution in [0.3, 0.4) is 0 Å². The summed E-state index contributed by atoms with van der Waals surface area (Å²) in [7, 11) is 0. The van der Waals surface area contributed by atoms with Crippen LogP contribution in [0.15, 0.2) is 16.7 Å². The highest BCUT2D eigenvalue weighted by Gasteiger charge is 2.08. The Morgan fingerprint density at radius 1 is 1.75 bits per heavy atom. The van der Waals surface area contributed by atoms with Crippen molar-refractivity contribution >= 4 is 32.8 Å². The molecule has 1 aromatic heterocycles. The Morgan fingerprint density at radius 2 is 2.42 bits per heavy atom. The van der Waals surface area contributed by atoms with Crippen molar-refractivity contribution in [2.75, 3.05) is 0 Å². The van der Waals surface area contributed by atoms with E-state index in [-0.39, 0.29) is 11.3 Å². The highest BCUT2D eigenvalue weighted by molar-refractivity contribution is 9.10. The summed E-state index contributed by atoms with van der Waals surface area (Å²) < 4.78 is 0.488. The SMILES string of the molecule is N#Cc1cc(C(=O)Cl)c(Br)cn1. The van der Waals surface area contributed by atoms with Crippen LogP contribution in [0, 0.1) is 11.3 Å². The Balaban J connectivity index is 3.28. The molecule has 0 aliphatic heterocycles.